The van der Waals surface area contributed by atoms with Crippen LogP contribution in [0.2, 0.25) is 0 Å². The largest absolute Gasteiger partial charge is 0.264 e. The van der Waals surface area contributed by atoms with Crippen LogP contribution in [0.25, 0.3) is 21.6 Å². The number of hydrogen-bond donors (Lipinski definition) is 0. The summed E-state index contributed by atoms with van der Waals surface area (Å²) < 4.78 is 1.66. The van der Waals surface area contributed by atoms with Crippen molar-refractivity contribution in [2.24, 2.45) is 7.05 Å². The summed E-state index contributed by atoms with van der Waals surface area (Å²) in [5.41, 5.74) is 2.31. The van der Waals surface area contributed by atoms with Crippen molar-refractivity contribution in [3.8, 4) is 11.4 Å². The van der Waals surface area contributed by atoms with Gasteiger partial charge in [-0.1, -0.05) is 0 Å². The van der Waals surface area contributed by atoms with Crippen LogP contribution in [0.3, 0.4) is 0 Å². The lowest BCUT2D eigenvalue weighted by Crippen LogP contribution is -1.97. The van der Waals surface area contributed by atoms with Gasteiger partial charge in [0.05, 0.1) is 0 Å². The molecule has 0 spiro atoms. The highest BCUT2D eigenvalue weighted by molar-refractivity contribution is 7.99. The lowest BCUT2D eigenvalue weighted by atomic mass is 10.2. The maximum absolute atomic E-state index is 4.85. The van der Waals surface area contributed by atoms with Crippen LogP contribution >= 0.6 is 23.1 Å². The van der Waals surface area contributed by atoms with Crippen LogP contribution in [0.1, 0.15) is 16.9 Å². The molecule has 0 bridgehead atoms. The average Bonchev–Trinajstić information content (AvgIpc) is 3.32. The first-order valence-electron chi connectivity index (χ1n) is 7.92. The Hall–Kier alpha value is -2.39. The molecule has 4 aromatic heterocycles. The molecule has 0 aliphatic heterocycles. The predicted molar refractivity (Wildman–Crippen MR) is 95.6 cm³/mol. The first-order valence-corrected chi connectivity index (χ1v) is 9.56. The van der Waals surface area contributed by atoms with Gasteiger partial charge in [0.25, 0.3) is 0 Å². The lowest BCUT2D eigenvalue weighted by molar-refractivity contribution is 0.664. The van der Waals surface area contributed by atoms with E-state index in [1.807, 2.05) is 19.2 Å². The summed E-state index contributed by atoms with van der Waals surface area (Å²) in [4.78, 5) is 16.3. The second-order valence-corrected chi connectivity index (χ2v) is 7.86. The van der Waals surface area contributed by atoms with E-state index >= 15 is 0 Å². The van der Waals surface area contributed by atoms with E-state index in [0.717, 1.165) is 38.8 Å². The first kappa shape index (κ1) is 14.9. The van der Waals surface area contributed by atoms with Crippen LogP contribution in [0.5, 0.6) is 0 Å². The molecule has 0 fully saturated rings. The van der Waals surface area contributed by atoms with Gasteiger partial charge in [0.15, 0.2) is 5.82 Å². The van der Waals surface area contributed by atoms with E-state index in [9.17, 15) is 0 Å². The molecule has 0 N–H and O–H groups in total. The lowest BCUT2D eigenvalue weighted by Gasteiger charge is -2.06. The molecule has 0 aromatic carbocycles. The molecule has 0 radical (unpaired) electrons. The standard InChI is InChI=1S/C16H13N7S2/c1-23-16(20-21-22-23)25-15-12-10-5-2-6-11(10)24-14(12)18-13(19-15)9-4-3-7-17-8-9/h3-4,7-8H,2,5-6H2,1H3. The van der Waals surface area contributed by atoms with Crippen LogP contribution in [-0.4, -0.2) is 35.2 Å². The minimum absolute atomic E-state index is 0.693. The van der Waals surface area contributed by atoms with Gasteiger partial charge in [-0.05, 0) is 59.1 Å². The van der Waals surface area contributed by atoms with Crippen molar-refractivity contribution >= 4 is 33.3 Å². The molecule has 0 unspecified atom stereocenters. The highest BCUT2D eigenvalue weighted by Gasteiger charge is 2.24. The summed E-state index contributed by atoms with van der Waals surface area (Å²) in [6.07, 6.45) is 6.98. The average molecular weight is 367 g/mol. The van der Waals surface area contributed by atoms with Crippen molar-refractivity contribution in [2.45, 2.75) is 29.4 Å². The molecule has 124 valence electrons. The number of aryl methyl sites for hydroxylation is 3. The molecule has 0 saturated heterocycles. The van der Waals surface area contributed by atoms with Gasteiger partial charge in [0.2, 0.25) is 5.16 Å². The molecule has 0 atom stereocenters. The number of thiophene rings is 1. The predicted octanol–water partition coefficient (Wildman–Crippen LogP) is 2.92. The third-order valence-corrected chi connectivity index (χ3v) is 6.42. The Kier molecular flexibility index (Phi) is 3.49. The normalized spacial score (nSPS) is 13.5. The quantitative estimate of drug-likeness (QED) is 0.515. The van der Waals surface area contributed by atoms with Crippen LogP contribution in [0, 0.1) is 0 Å². The Labute approximate surface area is 151 Å². The Bertz CT molecular complexity index is 1070. The summed E-state index contributed by atoms with van der Waals surface area (Å²) in [5.74, 6) is 0.693. The molecule has 25 heavy (non-hydrogen) atoms. The van der Waals surface area contributed by atoms with E-state index in [4.69, 9.17) is 9.97 Å². The van der Waals surface area contributed by atoms with Crippen molar-refractivity contribution in [2.75, 3.05) is 0 Å². The highest BCUT2D eigenvalue weighted by Crippen LogP contribution is 2.42. The third-order valence-electron chi connectivity index (χ3n) is 4.22. The second-order valence-electron chi connectivity index (χ2n) is 5.82. The Morgan fingerprint density at radius 3 is 3.00 bits per heavy atom. The molecule has 9 heteroatoms. The van der Waals surface area contributed by atoms with Crippen molar-refractivity contribution < 1.29 is 0 Å². The molecule has 5 rings (SSSR count). The number of aromatic nitrogens is 7. The van der Waals surface area contributed by atoms with Crippen LogP contribution in [0.15, 0.2) is 34.7 Å². The maximum Gasteiger partial charge on any atom is 0.215 e. The summed E-state index contributed by atoms with van der Waals surface area (Å²) >= 11 is 3.27. The van der Waals surface area contributed by atoms with Gasteiger partial charge >= 0.3 is 0 Å². The van der Waals surface area contributed by atoms with Gasteiger partial charge in [0, 0.05) is 35.3 Å². The third kappa shape index (κ3) is 2.50. The number of pyridine rings is 1. The number of hydrogen-bond acceptors (Lipinski definition) is 8. The first-order chi connectivity index (χ1) is 12.3. The molecule has 1 aliphatic carbocycles. The molecule has 0 amide bonds. The summed E-state index contributed by atoms with van der Waals surface area (Å²) in [6, 6.07) is 3.88. The molecular formula is C16H13N7S2. The maximum atomic E-state index is 4.85. The molecular weight excluding hydrogens is 354 g/mol. The van der Waals surface area contributed by atoms with Crippen LogP contribution in [-0.2, 0) is 19.9 Å². The summed E-state index contributed by atoms with van der Waals surface area (Å²) in [6.45, 7) is 0. The van der Waals surface area contributed by atoms with Crippen LogP contribution < -0.4 is 0 Å². The fourth-order valence-electron chi connectivity index (χ4n) is 3.05. The Morgan fingerprint density at radius 1 is 1.24 bits per heavy atom. The number of fused-ring (bicyclic) bond motifs is 3. The number of rotatable bonds is 3. The Balaban J connectivity index is 1.73. The molecule has 0 saturated carbocycles. The van der Waals surface area contributed by atoms with Gasteiger partial charge in [0.1, 0.15) is 9.86 Å². The van der Waals surface area contributed by atoms with Gasteiger partial charge in [-0.3, -0.25) is 4.98 Å². The van der Waals surface area contributed by atoms with E-state index in [0.29, 0.717) is 5.82 Å². The monoisotopic (exact) mass is 367 g/mol. The second kappa shape index (κ2) is 5.85. The molecule has 4 heterocycles. The topological polar surface area (TPSA) is 82.3 Å². The molecule has 4 aromatic rings. The van der Waals surface area contributed by atoms with Crippen molar-refractivity contribution in [1.82, 2.24) is 35.2 Å². The smallest absolute Gasteiger partial charge is 0.215 e. The van der Waals surface area contributed by atoms with Crippen molar-refractivity contribution in [1.29, 1.82) is 0 Å². The zero-order chi connectivity index (χ0) is 16.8. The minimum atomic E-state index is 0.693. The fourth-order valence-corrected chi connectivity index (χ4v) is 5.25. The van der Waals surface area contributed by atoms with E-state index < -0.39 is 0 Å². The molecule has 7 nitrogen and oxygen atoms in total. The van der Waals surface area contributed by atoms with Gasteiger partial charge in [-0.2, -0.15) is 0 Å². The fraction of sp³-hybridized carbons (Fsp3) is 0.250. The Morgan fingerprint density at radius 2 is 2.20 bits per heavy atom. The zero-order valence-electron chi connectivity index (χ0n) is 13.4. The van der Waals surface area contributed by atoms with Crippen molar-refractivity contribution in [3.63, 3.8) is 0 Å². The van der Waals surface area contributed by atoms with E-state index in [-0.39, 0.29) is 0 Å². The van der Waals surface area contributed by atoms with Gasteiger partial charge in [-0.25, -0.2) is 14.6 Å². The number of nitrogens with zero attached hydrogens (tertiary/aromatic N) is 7. The number of tetrazole rings is 1. The van der Waals surface area contributed by atoms with Crippen molar-refractivity contribution in [3.05, 3.63) is 35.0 Å². The SMILES string of the molecule is Cn1nnnc1Sc1nc(-c2cccnc2)nc2sc3c(c12)CCC3. The zero-order valence-corrected chi connectivity index (χ0v) is 15.0. The van der Waals surface area contributed by atoms with E-state index in [1.54, 1.807) is 28.4 Å². The minimum Gasteiger partial charge on any atom is -0.264 e. The highest BCUT2D eigenvalue weighted by atomic mass is 32.2. The molecule has 1 aliphatic rings. The van der Waals surface area contributed by atoms with Crippen LogP contribution in [0.4, 0.5) is 0 Å². The van der Waals surface area contributed by atoms with E-state index in [1.165, 1.54) is 28.6 Å². The van der Waals surface area contributed by atoms with Gasteiger partial charge < -0.3 is 0 Å². The summed E-state index contributed by atoms with van der Waals surface area (Å²) in [5, 5.41) is 14.5. The van der Waals surface area contributed by atoms with E-state index in [2.05, 4.69) is 20.5 Å². The van der Waals surface area contributed by atoms with Gasteiger partial charge in [-0.15, -0.1) is 16.4 Å². The summed E-state index contributed by atoms with van der Waals surface area (Å²) in [7, 11) is 1.83.